The zero-order chi connectivity index (χ0) is 14.4. The average Bonchev–Trinajstić information content (AvgIpc) is 2.96. The first kappa shape index (κ1) is 13.6. The van der Waals surface area contributed by atoms with Gasteiger partial charge in [0.05, 0.1) is 4.90 Å². The topological polar surface area (TPSA) is 37.4 Å². The smallest absolute Gasteiger partial charge is 0.207 e. The average molecular weight is 289 g/mol. The SMILES string of the molecule is C=C[C@@]12CCC=C1CN(S(=O)(=O)c1ccc(C)cc1)C2. The van der Waals surface area contributed by atoms with E-state index in [0.29, 0.717) is 18.0 Å². The molecule has 4 heteroatoms. The van der Waals surface area contributed by atoms with Crippen LogP contribution in [0.2, 0.25) is 0 Å². The number of aryl methyl sites for hydroxylation is 1. The molecule has 0 radical (unpaired) electrons. The van der Waals surface area contributed by atoms with Crippen LogP contribution < -0.4 is 0 Å². The minimum atomic E-state index is -3.40. The number of benzene rings is 1. The Morgan fingerprint density at radius 3 is 2.60 bits per heavy atom. The van der Waals surface area contributed by atoms with Gasteiger partial charge in [0.15, 0.2) is 0 Å². The van der Waals surface area contributed by atoms with Crippen LogP contribution in [0.25, 0.3) is 0 Å². The highest BCUT2D eigenvalue weighted by molar-refractivity contribution is 7.89. The minimum Gasteiger partial charge on any atom is -0.207 e. The predicted octanol–water partition coefficient (Wildman–Crippen LogP) is 2.89. The predicted molar refractivity (Wildman–Crippen MR) is 79.9 cm³/mol. The van der Waals surface area contributed by atoms with Crippen molar-refractivity contribution >= 4 is 10.0 Å². The summed E-state index contributed by atoms with van der Waals surface area (Å²) in [5.74, 6) is 0. The van der Waals surface area contributed by atoms with E-state index in [-0.39, 0.29) is 5.41 Å². The maximum atomic E-state index is 12.7. The molecule has 106 valence electrons. The molecule has 1 fully saturated rings. The van der Waals surface area contributed by atoms with Gasteiger partial charge in [0.1, 0.15) is 0 Å². The number of allylic oxidation sites excluding steroid dienone is 1. The summed E-state index contributed by atoms with van der Waals surface area (Å²) in [4.78, 5) is 0.378. The summed E-state index contributed by atoms with van der Waals surface area (Å²) < 4.78 is 27.0. The van der Waals surface area contributed by atoms with Crippen molar-refractivity contribution in [3.8, 4) is 0 Å². The quantitative estimate of drug-likeness (QED) is 0.802. The van der Waals surface area contributed by atoms with Crippen molar-refractivity contribution < 1.29 is 8.42 Å². The van der Waals surface area contributed by atoms with E-state index in [2.05, 4.69) is 12.7 Å². The summed E-state index contributed by atoms with van der Waals surface area (Å²) in [6.07, 6.45) is 6.11. The molecule has 3 rings (SSSR count). The van der Waals surface area contributed by atoms with Crippen LogP contribution in [-0.4, -0.2) is 25.8 Å². The Morgan fingerprint density at radius 2 is 2.00 bits per heavy atom. The molecular weight excluding hydrogens is 270 g/mol. The highest BCUT2D eigenvalue weighted by Crippen LogP contribution is 2.46. The van der Waals surface area contributed by atoms with Crippen LogP contribution in [-0.2, 0) is 10.0 Å². The lowest BCUT2D eigenvalue weighted by atomic mass is 9.84. The van der Waals surface area contributed by atoms with Crippen LogP contribution in [0.15, 0.2) is 53.5 Å². The summed E-state index contributed by atoms with van der Waals surface area (Å²) in [5, 5.41) is 0. The number of hydrogen-bond donors (Lipinski definition) is 0. The highest BCUT2D eigenvalue weighted by atomic mass is 32.2. The van der Waals surface area contributed by atoms with Crippen LogP contribution in [0, 0.1) is 12.3 Å². The molecule has 1 aliphatic carbocycles. The molecule has 0 saturated carbocycles. The van der Waals surface area contributed by atoms with Gasteiger partial charge in [-0.25, -0.2) is 8.42 Å². The summed E-state index contributed by atoms with van der Waals surface area (Å²) in [6.45, 7) is 6.90. The molecular formula is C16H19NO2S. The Labute approximate surface area is 120 Å². The molecule has 0 amide bonds. The van der Waals surface area contributed by atoms with Crippen LogP contribution in [0.3, 0.4) is 0 Å². The normalized spacial score (nSPS) is 26.4. The van der Waals surface area contributed by atoms with Gasteiger partial charge in [-0.1, -0.05) is 29.8 Å². The van der Waals surface area contributed by atoms with E-state index in [0.717, 1.165) is 18.4 Å². The van der Waals surface area contributed by atoms with Gasteiger partial charge in [-0.3, -0.25) is 0 Å². The lowest BCUT2D eigenvalue weighted by molar-refractivity contribution is 0.400. The van der Waals surface area contributed by atoms with Crippen molar-refractivity contribution in [3.05, 3.63) is 54.1 Å². The lowest BCUT2D eigenvalue weighted by Gasteiger charge is -2.22. The third-order valence-corrected chi connectivity index (χ3v) is 6.28. The van der Waals surface area contributed by atoms with E-state index in [9.17, 15) is 8.42 Å². The molecule has 1 atom stereocenters. The second kappa shape index (κ2) is 4.57. The fraction of sp³-hybridized carbons (Fsp3) is 0.375. The standard InChI is InChI=1S/C16H19NO2S/c1-3-16-10-4-5-14(16)11-17(12-16)20(18,19)15-8-6-13(2)7-9-15/h3,5-9H,1,4,10-12H2,2H3/t16-/m0/s1. The molecule has 0 aromatic heterocycles. The molecule has 2 aliphatic rings. The Kier molecular flexibility index (Phi) is 3.10. The number of fused-ring (bicyclic) bond motifs is 1. The van der Waals surface area contributed by atoms with Crippen LogP contribution in [0.5, 0.6) is 0 Å². The highest BCUT2D eigenvalue weighted by Gasteiger charge is 2.46. The molecule has 0 unspecified atom stereocenters. The fourth-order valence-corrected chi connectivity index (χ4v) is 4.65. The van der Waals surface area contributed by atoms with Crippen molar-refractivity contribution in [1.29, 1.82) is 0 Å². The summed E-state index contributed by atoms with van der Waals surface area (Å²) in [7, 11) is -3.40. The maximum Gasteiger partial charge on any atom is 0.243 e. The van der Waals surface area contributed by atoms with E-state index < -0.39 is 10.0 Å². The summed E-state index contributed by atoms with van der Waals surface area (Å²) >= 11 is 0. The number of sulfonamides is 1. The number of nitrogens with zero attached hydrogens (tertiary/aromatic N) is 1. The van der Waals surface area contributed by atoms with Gasteiger partial charge in [0, 0.05) is 18.5 Å². The Morgan fingerprint density at radius 1 is 1.30 bits per heavy atom. The van der Waals surface area contributed by atoms with Crippen molar-refractivity contribution in [1.82, 2.24) is 4.31 Å². The van der Waals surface area contributed by atoms with Crippen molar-refractivity contribution in [2.45, 2.75) is 24.7 Å². The first-order valence-electron chi connectivity index (χ1n) is 6.88. The Balaban J connectivity index is 1.94. The van der Waals surface area contributed by atoms with Crippen LogP contribution >= 0.6 is 0 Å². The van der Waals surface area contributed by atoms with Crippen LogP contribution in [0.1, 0.15) is 18.4 Å². The zero-order valence-corrected chi connectivity index (χ0v) is 12.5. The maximum absolute atomic E-state index is 12.7. The van der Waals surface area contributed by atoms with Crippen molar-refractivity contribution in [2.75, 3.05) is 13.1 Å². The summed E-state index contributed by atoms with van der Waals surface area (Å²) in [5.41, 5.74) is 2.15. The van der Waals surface area contributed by atoms with E-state index >= 15 is 0 Å². The zero-order valence-electron chi connectivity index (χ0n) is 11.7. The van der Waals surface area contributed by atoms with Gasteiger partial charge in [-0.2, -0.15) is 4.31 Å². The third kappa shape index (κ3) is 1.95. The third-order valence-electron chi connectivity index (χ3n) is 4.48. The molecule has 1 heterocycles. The monoisotopic (exact) mass is 289 g/mol. The lowest BCUT2D eigenvalue weighted by Crippen LogP contribution is -2.31. The van der Waals surface area contributed by atoms with Crippen molar-refractivity contribution in [3.63, 3.8) is 0 Å². The minimum absolute atomic E-state index is 0.127. The largest absolute Gasteiger partial charge is 0.243 e. The van der Waals surface area contributed by atoms with Gasteiger partial charge in [-0.15, -0.1) is 6.58 Å². The molecule has 0 bridgehead atoms. The number of rotatable bonds is 3. The molecule has 3 nitrogen and oxygen atoms in total. The van der Waals surface area contributed by atoms with Gasteiger partial charge in [0.2, 0.25) is 10.0 Å². The molecule has 0 spiro atoms. The van der Waals surface area contributed by atoms with Gasteiger partial charge < -0.3 is 0 Å². The first-order chi connectivity index (χ1) is 9.48. The summed E-state index contributed by atoms with van der Waals surface area (Å²) in [6, 6.07) is 7.06. The molecule has 0 N–H and O–H groups in total. The first-order valence-corrected chi connectivity index (χ1v) is 8.32. The van der Waals surface area contributed by atoms with E-state index in [4.69, 9.17) is 0 Å². The van der Waals surface area contributed by atoms with Crippen molar-refractivity contribution in [2.24, 2.45) is 5.41 Å². The molecule has 1 saturated heterocycles. The van der Waals surface area contributed by atoms with E-state index in [1.807, 2.05) is 25.1 Å². The molecule has 1 aromatic carbocycles. The van der Waals surface area contributed by atoms with Gasteiger partial charge in [-0.05, 0) is 37.5 Å². The van der Waals surface area contributed by atoms with E-state index in [1.54, 1.807) is 16.4 Å². The Hall–Kier alpha value is -1.39. The van der Waals surface area contributed by atoms with Gasteiger partial charge >= 0.3 is 0 Å². The number of hydrogen-bond acceptors (Lipinski definition) is 2. The van der Waals surface area contributed by atoms with Gasteiger partial charge in [0.25, 0.3) is 0 Å². The van der Waals surface area contributed by atoms with Crippen LogP contribution in [0.4, 0.5) is 0 Å². The fourth-order valence-electron chi connectivity index (χ4n) is 3.16. The van der Waals surface area contributed by atoms with E-state index in [1.165, 1.54) is 5.57 Å². The molecule has 1 aliphatic heterocycles. The second-order valence-electron chi connectivity index (χ2n) is 5.71. The molecule has 1 aromatic rings. The second-order valence-corrected chi connectivity index (χ2v) is 7.65. The molecule has 20 heavy (non-hydrogen) atoms. The Bertz CT molecular complexity index is 673.